The van der Waals surface area contributed by atoms with Crippen LogP contribution in [0.1, 0.15) is 45.4 Å². The quantitative estimate of drug-likeness (QED) is 0.751. The molecule has 25 heavy (non-hydrogen) atoms. The van der Waals surface area contributed by atoms with Gasteiger partial charge in [0.15, 0.2) is 5.82 Å². The summed E-state index contributed by atoms with van der Waals surface area (Å²) in [5, 5.41) is 9.88. The van der Waals surface area contributed by atoms with Crippen molar-refractivity contribution in [1.82, 2.24) is 20.0 Å². The first kappa shape index (κ1) is 19.4. The largest absolute Gasteiger partial charge is 0.345 e. The highest BCUT2D eigenvalue weighted by Crippen LogP contribution is 2.26. The molecule has 0 aromatic carbocycles. The Morgan fingerprint density at radius 3 is 2.72 bits per heavy atom. The zero-order chi connectivity index (χ0) is 18.2. The third-order valence-corrected chi connectivity index (χ3v) is 4.64. The van der Waals surface area contributed by atoms with Gasteiger partial charge in [0.2, 0.25) is 11.8 Å². The summed E-state index contributed by atoms with van der Waals surface area (Å²) in [7, 11) is 4.01. The predicted octanol–water partition coefficient (Wildman–Crippen LogP) is 1.86. The van der Waals surface area contributed by atoms with Gasteiger partial charge in [0, 0.05) is 25.2 Å². The normalized spacial score (nSPS) is 16.6. The molecule has 7 nitrogen and oxygen atoms in total. The molecule has 0 radical (unpaired) electrons. The van der Waals surface area contributed by atoms with Gasteiger partial charge in [0.05, 0.1) is 6.54 Å². The summed E-state index contributed by atoms with van der Waals surface area (Å²) in [6.07, 6.45) is 8.31. The van der Waals surface area contributed by atoms with Gasteiger partial charge in [-0.15, -0.1) is 0 Å². The molecular formula is C18H31N5O2. The smallest absolute Gasteiger partial charge is 0.247 e. The molecule has 140 valence electrons. The molecular weight excluding hydrogens is 318 g/mol. The zero-order valence-electron chi connectivity index (χ0n) is 15.6. The molecule has 1 aromatic rings. The summed E-state index contributed by atoms with van der Waals surface area (Å²) in [6.45, 7) is 3.34. The topological polar surface area (TPSA) is 79.3 Å². The zero-order valence-corrected chi connectivity index (χ0v) is 15.6. The van der Waals surface area contributed by atoms with E-state index in [1.807, 2.05) is 20.3 Å². The van der Waals surface area contributed by atoms with Crippen LogP contribution < -0.4 is 10.6 Å². The number of amides is 2. The standard InChI is InChI=1S/C18H31N5O2/c1-14(19-17(24)13-15-7-5-4-6-8-15)18(25)20-16-9-10-23(21-16)12-11-22(2)3/h9-10,14-15H,4-8,11-13H2,1-3H3,(H,19,24)(H,20,21,25). The van der Waals surface area contributed by atoms with Crippen LogP contribution in [0.25, 0.3) is 0 Å². The second kappa shape index (κ2) is 9.56. The molecule has 1 heterocycles. The molecule has 2 rings (SSSR count). The van der Waals surface area contributed by atoms with Crippen molar-refractivity contribution in [3.8, 4) is 0 Å². The molecule has 1 aromatic heterocycles. The Balaban J connectivity index is 1.74. The summed E-state index contributed by atoms with van der Waals surface area (Å²) in [5.74, 6) is 0.703. The molecule has 7 heteroatoms. The molecule has 1 fully saturated rings. The van der Waals surface area contributed by atoms with Crippen molar-refractivity contribution >= 4 is 17.6 Å². The fraction of sp³-hybridized carbons (Fsp3) is 0.722. The number of carbonyl (C=O) groups excluding carboxylic acids is 2. The highest BCUT2D eigenvalue weighted by atomic mass is 16.2. The Morgan fingerprint density at radius 2 is 2.04 bits per heavy atom. The molecule has 0 saturated heterocycles. The van der Waals surface area contributed by atoms with Crippen molar-refractivity contribution in [2.24, 2.45) is 5.92 Å². The monoisotopic (exact) mass is 349 g/mol. The van der Waals surface area contributed by atoms with E-state index in [9.17, 15) is 9.59 Å². The SMILES string of the molecule is CC(NC(=O)CC1CCCCC1)C(=O)Nc1ccn(CCN(C)C)n1. The Morgan fingerprint density at radius 1 is 1.32 bits per heavy atom. The minimum atomic E-state index is -0.567. The van der Waals surface area contributed by atoms with E-state index in [2.05, 4.69) is 20.6 Å². The molecule has 2 amide bonds. The maximum atomic E-state index is 12.2. The summed E-state index contributed by atoms with van der Waals surface area (Å²) in [4.78, 5) is 26.4. The van der Waals surface area contributed by atoms with E-state index in [-0.39, 0.29) is 11.8 Å². The first-order valence-corrected chi connectivity index (χ1v) is 9.22. The van der Waals surface area contributed by atoms with Gasteiger partial charge in [-0.1, -0.05) is 19.3 Å². The number of nitrogens with zero attached hydrogens (tertiary/aromatic N) is 3. The second-order valence-corrected chi connectivity index (χ2v) is 7.25. The van der Waals surface area contributed by atoms with Crippen molar-refractivity contribution in [3.05, 3.63) is 12.3 Å². The van der Waals surface area contributed by atoms with Gasteiger partial charge in [-0.2, -0.15) is 5.10 Å². The van der Waals surface area contributed by atoms with Crippen LogP contribution in [0.15, 0.2) is 12.3 Å². The number of nitrogens with one attached hydrogen (secondary N) is 2. The Bertz CT molecular complexity index is 564. The number of carbonyl (C=O) groups is 2. The van der Waals surface area contributed by atoms with Gasteiger partial charge in [-0.05, 0) is 39.8 Å². The van der Waals surface area contributed by atoms with Gasteiger partial charge >= 0.3 is 0 Å². The number of likely N-dealkylation sites (N-methyl/N-ethyl adjacent to an activating group) is 1. The van der Waals surface area contributed by atoms with Gasteiger partial charge in [-0.25, -0.2) is 0 Å². The van der Waals surface area contributed by atoms with Crippen LogP contribution in [-0.4, -0.2) is 53.2 Å². The average Bonchev–Trinajstić information content (AvgIpc) is 3.01. The molecule has 1 aliphatic carbocycles. The van der Waals surface area contributed by atoms with E-state index >= 15 is 0 Å². The minimum Gasteiger partial charge on any atom is -0.345 e. The Hall–Kier alpha value is -1.89. The highest BCUT2D eigenvalue weighted by molar-refractivity contribution is 5.96. The first-order chi connectivity index (χ1) is 11.9. The molecule has 1 aliphatic rings. The molecule has 0 aliphatic heterocycles. The van der Waals surface area contributed by atoms with E-state index in [0.717, 1.165) is 25.9 Å². The number of hydrogen-bond donors (Lipinski definition) is 2. The highest BCUT2D eigenvalue weighted by Gasteiger charge is 2.20. The third kappa shape index (κ3) is 6.86. The molecule has 1 unspecified atom stereocenters. The van der Waals surface area contributed by atoms with Gasteiger partial charge in [0.1, 0.15) is 6.04 Å². The molecule has 0 bridgehead atoms. The molecule has 1 saturated carbocycles. The second-order valence-electron chi connectivity index (χ2n) is 7.25. The van der Waals surface area contributed by atoms with Gasteiger partial charge in [0.25, 0.3) is 0 Å². The maximum absolute atomic E-state index is 12.2. The summed E-state index contributed by atoms with van der Waals surface area (Å²) >= 11 is 0. The van der Waals surface area contributed by atoms with Crippen molar-refractivity contribution in [1.29, 1.82) is 0 Å². The van der Waals surface area contributed by atoms with E-state index in [1.54, 1.807) is 17.7 Å². The van der Waals surface area contributed by atoms with E-state index in [1.165, 1.54) is 19.3 Å². The number of anilines is 1. The number of hydrogen-bond acceptors (Lipinski definition) is 4. The van der Waals surface area contributed by atoms with Crippen molar-refractivity contribution < 1.29 is 9.59 Å². The van der Waals surface area contributed by atoms with E-state index in [0.29, 0.717) is 18.2 Å². The van der Waals surface area contributed by atoms with Crippen LogP contribution >= 0.6 is 0 Å². The lowest BCUT2D eigenvalue weighted by atomic mass is 9.87. The first-order valence-electron chi connectivity index (χ1n) is 9.22. The van der Waals surface area contributed by atoms with Crippen LogP contribution in [0.3, 0.4) is 0 Å². The van der Waals surface area contributed by atoms with Crippen LogP contribution in [0.5, 0.6) is 0 Å². The summed E-state index contributed by atoms with van der Waals surface area (Å²) in [6, 6.07) is 1.20. The average molecular weight is 349 g/mol. The van der Waals surface area contributed by atoms with E-state index < -0.39 is 6.04 Å². The number of aromatic nitrogens is 2. The fourth-order valence-electron chi connectivity index (χ4n) is 3.11. The summed E-state index contributed by atoms with van der Waals surface area (Å²) < 4.78 is 1.79. The lowest BCUT2D eigenvalue weighted by molar-refractivity contribution is -0.127. The lowest BCUT2D eigenvalue weighted by Crippen LogP contribution is -2.42. The van der Waals surface area contributed by atoms with Gasteiger partial charge < -0.3 is 15.5 Å². The minimum absolute atomic E-state index is 0.0361. The van der Waals surface area contributed by atoms with E-state index in [4.69, 9.17) is 0 Å². The Kier molecular flexibility index (Phi) is 7.43. The number of rotatable bonds is 8. The lowest BCUT2D eigenvalue weighted by Gasteiger charge is -2.21. The third-order valence-electron chi connectivity index (χ3n) is 4.64. The van der Waals surface area contributed by atoms with Crippen LogP contribution in [0, 0.1) is 5.92 Å². The Labute approximate surface area is 150 Å². The summed E-state index contributed by atoms with van der Waals surface area (Å²) in [5.41, 5.74) is 0. The van der Waals surface area contributed by atoms with Crippen molar-refractivity contribution in [2.45, 2.75) is 58.0 Å². The van der Waals surface area contributed by atoms with Crippen molar-refractivity contribution in [2.75, 3.05) is 26.0 Å². The molecule has 1 atom stereocenters. The van der Waals surface area contributed by atoms with Crippen LogP contribution in [-0.2, 0) is 16.1 Å². The molecule has 2 N–H and O–H groups in total. The van der Waals surface area contributed by atoms with Crippen LogP contribution in [0.4, 0.5) is 5.82 Å². The van der Waals surface area contributed by atoms with Gasteiger partial charge in [-0.3, -0.25) is 14.3 Å². The van der Waals surface area contributed by atoms with Crippen molar-refractivity contribution in [3.63, 3.8) is 0 Å². The molecule has 0 spiro atoms. The maximum Gasteiger partial charge on any atom is 0.247 e. The fourth-order valence-corrected chi connectivity index (χ4v) is 3.11. The van der Waals surface area contributed by atoms with Crippen LogP contribution in [0.2, 0.25) is 0 Å². The predicted molar refractivity (Wildman–Crippen MR) is 98.2 cm³/mol.